The number of aromatic hydroxyl groups is 1. The number of anilines is 1. The molecule has 8 nitrogen and oxygen atoms in total. The molecule has 3 aromatic rings. The lowest BCUT2D eigenvalue weighted by Gasteiger charge is -2.12. The molecule has 0 aliphatic heterocycles. The second kappa shape index (κ2) is 7.83. The highest BCUT2D eigenvalue weighted by Crippen LogP contribution is 2.20. The van der Waals surface area contributed by atoms with Gasteiger partial charge in [-0.15, -0.1) is 0 Å². The fourth-order valence-corrected chi connectivity index (χ4v) is 2.72. The molecule has 8 heteroatoms. The number of ether oxygens (including phenoxy) is 1. The predicted octanol–water partition coefficient (Wildman–Crippen LogP) is 2.38. The SMILES string of the molecule is COc1ccc(-n2c(O)c(C(C)=NNc3ccccc3C)c(=O)[nH]c2=O)cc1. The monoisotopic (exact) mass is 380 g/mol. The number of H-pyrrole nitrogens is 1. The van der Waals surface area contributed by atoms with Gasteiger partial charge in [0.15, 0.2) is 0 Å². The van der Waals surface area contributed by atoms with Crippen LogP contribution in [0.3, 0.4) is 0 Å². The Kier molecular flexibility index (Phi) is 5.30. The number of aryl methyl sites for hydroxylation is 1. The zero-order valence-corrected chi connectivity index (χ0v) is 15.7. The summed E-state index contributed by atoms with van der Waals surface area (Å²) in [6, 6.07) is 14.0. The number of aromatic amines is 1. The van der Waals surface area contributed by atoms with Gasteiger partial charge in [-0.05, 0) is 49.7 Å². The van der Waals surface area contributed by atoms with Gasteiger partial charge >= 0.3 is 5.69 Å². The highest BCUT2D eigenvalue weighted by atomic mass is 16.5. The van der Waals surface area contributed by atoms with Crippen LogP contribution in [0.1, 0.15) is 18.1 Å². The molecule has 0 spiro atoms. The van der Waals surface area contributed by atoms with Crippen molar-refractivity contribution in [2.24, 2.45) is 5.10 Å². The van der Waals surface area contributed by atoms with Crippen molar-refractivity contribution in [3.8, 4) is 17.3 Å². The average molecular weight is 380 g/mol. The van der Waals surface area contributed by atoms with Crippen molar-refractivity contribution < 1.29 is 9.84 Å². The van der Waals surface area contributed by atoms with E-state index in [1.54, 1.807) is 31.2 Å². The van der Waals surface area contributed by atoms with E-state index < -0.39 is 17.1 Å². The molecule has 0 aliphatic carbocycles. The maximum Gasteiger partial charge on any atom is 0.335 e. The maximum atomic E-state index is 12.3. The van der Waals surface area contributed by atoms with Crippen molar-refractivity contribution in [2.45, 2.75) is 13.8 Å². The number of nitrogens with one attached hydrogen (secondary N) is 2. The Morgan fingerprint density at radius 3 is 2.46 bits per heavy atom. The molecule has 28 heavy (non-hydrogen) atoms. The minimum Gasteiger partial charge on any atom is -0.497 e. The highest BCUT2D eigenvalue weighted by molar-refractivity contribution is 6.00. The molecule has 0 radical (unpaired) electrons. The van der Waals surface area contributed by atoms with E-state index in [2.05, 4.69) is 15.5 Å². The second-order valence-corrected chi connectivity index (χ2v) is 6.12. The van der Waals surface area contributed by atoms with Crippen LogP contribution >= 0.6 is 0 Å². The Morgan fingerprint density at radius 1 is 1.14 bits per heavy atom. The lowest BCUT2D eigenvalue weighted by molar-refractivity contribution is 0.414. The minimum atomic E-state index is -0.754. The molecule has 0 unspecified atom stereocenters. The predicted molar refractivity (Wildman–Crippen MR) is 108 cm³/mol. The quantitative estimate of drug-likeness (QED) is 0.465. The molecule has 3 N–H and O–H groups in total. The summed E-state index contributed by atoms with van der Waals surface area (Å²) in [4.78, 5) is 26.8. The molecule has 0 saturated heterocycles. The number of para-hydroxylation sites is 1. The summed E-state index contributed by atoms with van der Waals surface area (Å²) in [5.41, 5.74) is 3.64. The molecule has 0 amide bonds. The molecular weight excluding hydrogens is 360 g/mol. The van der Waals surface area contributed by atoms with Gasteiger partial charge in [-0.25, -0.2) is 9.36 Å². The van der Waals surface area contributed by atoms with Crippen LogP contribution < -0.4 is 21.4 Å². The van der Waals surface area contributed by atoms with Gasteiger partial charge in [0.2, 0.25) is 5.88 Å². The zero-order valence-electron chi connectivity index (χ0n) is 15.7. The summed E-state index contributed by atoms with van der Waals surface area (Å²) < 4.78 is 6.10. The Bertz CT molecular complexity index is 1140. The Morgan fingerprint density at radius 2 is 1.82 bits per heavy atom. The fraction of sp³-hybridized carbons (Fsp3) is 0.150. The highest BCUT2D eigenvalue weighted by Gasteiger charge is 2.18. The third-order valence-corrected chi connectivity index (χ3v) is 4.27. The Hall–Kier alpha value is -3.81. The number of aromatic nitrogens is 2. The third kappa shape index (κ3) is 3.66. The van der Waals surface area contributed by atoms with Crippen LogP contribution in [0, 0.1) is 6.92 Å². The average Bonchev–Trinajstić information content (AvgIpc) is 2.67. The number of benzene rings is 2. The van der Waals surface area contributed by atoms with Crippen molar-refractivity contribution in [1.82, 2.24) is 9.55 Å². The van der Waals surface area contributed by atoms with E-state index in [1.807, 2.05) is 31.2 Å². The molecule has 1 aromatic heterocycles. The van der Waals surface area contributed by atoms with Crippen LogP contribution in [0.4, 0.5) is 5.69 Å². The van der Waals surface area contributed by atoms with Gasteiger partial charge in [0.1, 0.15) is 11.3 Å². The number of nitrogens with zero attached hydrogens (tertiary/aromatic N) is 2. The van der Waals surface area contributed by atoms with Crippen LogP contribution in [0.25, 0.3) is 5.69 Å². The molecule has 0 aliphatic rings. The van der Waals surface area contributed by atoms with Crippen molar-refractivity contribution >= 4 is 11.4 Å². The number of hydrogen-bond donors (Lipinski definition) is 3. The third-order valence-electron chi connectivity index (χ3n) is 4.27. The molecule has 2 aromatic carbocycles. The van der Waals surface area contributed by atoms with E-state index in [4.69, 9.17) is 4.74 Å². The number of rotatable bonds is 5. The Balaban J connectivity index is 2.06. The van der Waals surface area contributed by atoms with E-state index in [-0.39, 0.29) is 11.3 Å². The molecular formula is C20H20N4O4. The van der Waals surface area contributed by atoms with Crippen molar-refractivity contribution in [1.29, 1.82) is 0 Å². The van der Waals surface area contributed by atoms with Crippen LogP contribution in [0.15, 0.2) is 63.2 Å². The summed E-state index contributed by atoms with van der Waals surface area (Å²) in [5, 5.41) is 14.8. The fourth-order valence-electron chi connectivity index (χ4n) is 2.72. The molecule has 0 atom stereocenters. The summed E-state index contributed by atoms with van der Waals surface area (Å²) in [7, 11) is 1.53. The van der Waals surface area contributed by atoms with E-state index in [1.165, 1.54) is 7.11 Å². The number of methoxy groups -OCH3 is 1. The molecule has 1 heterocycles. The lowest BCUT2D eigenvalue weighted by atomic mass is 10.2. The molecule has 0 bridgehead atoms. The zero-order chi connectivity index (χ0) is 20.3. The normalized spacial score (nSPS) is 11.3. The van der Waals surface area contributed by atoms with Gasteiger partial charge in [-0.1, -0.05) is 18.2 Å². The van der Waals surface area contributed by atoms with E-state index in [0.717, 1.165) is 15.8 Å². The van der Waals surface area contributed by atoms with Gasteiger partial charge in [0.25, 0.3) is 5.56 Å². The first kappa shape index (κ1) is 19.0. The first-order valence-corrected chi connectivity index (χ1v) is 8.51. The maximum absolute atomic E-state index is 12.3. The van der Waals surface area contributed by atoms with Crippen LogP contribution in [0.5, 0.6) is 11.6 Å². The van der Waals surface area contributed by atoms with E-state index >= 15 is 0 Å². The van der Waals surface area contributed by atoms with E-state index in [9.17, 15) is 14.7 Å². The number of hydrazone groups is 1. The van der Waals surface area contributed by atoms with Gasteiger partial charge in [0, 0.05) is 0 Å². The standard InChI is InChI=1S/C20H20N4O4/c1-12-6-4-5-7-16(12)23-22-13(2)17-18(25)21-20(27)24(19(17)26)14-8-10-15(28-3)11-9-14/h4-11,23,26H,1-3H3,(H,21,25,27). The number of hydrogen-bond acceptors (Lipinski definition) is 6. The van der Waals surface area contributed by atoms with Crippen LogP contribution in [-0.2, 0) is 0 Å². The van der Waals surface area contributed by atoms with Crippen molar-refractivity contribution in [2.75, 3.05) is 12.5 Å². The van der Waals surface area contributed by atoms with Crippen LogP contribution in [-0.4, -0.2) is 27.5 Å². The summed E-state index contributed by atoms with van der Waals surface area (Å²) >= 11 is 0. The van der Waals surface area contributed by atoms with Crippen molar-refractivity contribution in [3.05, 3.63) is 80.5 Å². The molecule has 0 saturated carbocycles. The smallest absolute Gasteiger partial charge is 0.335 e. The summed E-state index contributed by atoms with van der Waals surface area (Å²) in [6.45, 7) is 3.49. The topological polar surface area (TPSA) is 109 Å². The molecule has 0 fully saturated rings. The lowest BCUT2D eigenvalue weighted by Crippen LogP contribution is -2.32. The van der Waals surface area contributed by atoms with E-state index in [0.29, 0.717) is 11.4 Å². The minimum absolute atomic E-state index is 0.100. The molecule has 144 valence electrons. The van der Waals surface area contributed by atoms with Gasteiger partial charge < -0.3 is 9.84 Å². The van der Waals surface area contributed by atoms with Gasteiger partial charge in [0.05, 0.1) is 24.2 Å². The Labute approximate surface area is 160 Å². The van der Waals surface area contributed by atoms with Crippen LogP contribution in [0.2, 0.25) is 0 Å². The van der Waals surface area contributed by atoms with Gasteiger partial charge in [-0.2, -0.15) is 5.10 Å². The first-order chi connectivity index (χ1) is 13.4. The summed E-state index contributed by atoms with van der Waals surface area (Å²) in [6.07, 6.45) is 0. The molecule has 3 rings (SSSR count). The van der Waals surface area contributed by atoms with Crippen molar-refractivity contribution in [3.63, 3.8) is 0 Å². The largest absolute Gasteiger partial charge is 0.497 e. The summed E-state index contributed by atoms with van der Waals surface area (Å²) in [5.74, 6) is 0.105. The first-order valence-electron chi connectivity index (χ1n) is 8.51. The van der Waals surface area contributed by atoms with Gasteiger partial charge in [-0.3, -0.25) is 15.2 Å². The second-order valence-electron chi connectivity index (χ2n) is 6.12.